The van der Waals surface area contributed by atoms with Gasteiger partial charge in [-0.05, 0) is 29.9 Å². The van der Waals surface area contributed by atoms with Gasteiger partial charge in [0, 0.05) is 12.4 Å². The van der Waals surface area contributed by atoms with Crippen LogP contribution in [0, 0.1) is 0 Å². The normalized spacial score (nSPS) is 12.3. The number of amides is 1. The van der Waals surface area contributed by atoms with Gasteiger partial charge in [-0.2, -0.15) is 11.8 Å². The van der Waals surface area contributed by atoms with E-state index < -0.39 is 6.10 Å². The van der Waals surface area contributed by atoms with Crippen molar-refractivity contribution in [3.8, 4) is 9.88 Å². The van der Waals surface area contributed by atoms with Crippen LogP contribution in [0.5, 0.6) is 0 Å². The predicted octanol–water partition coefficient (Wildman–Crippen LogP) is 2.94. The highest BCUT2D eigenvalue weighted by molar-refractivity contribution is 7.98. The summed E-state index contributed by atoms with van der Waals surface area (Å²) in [6.07, 6.45) is 1.53. The van der Waals surface area contributed by atoms with Gasteiger partial charge in [-0.15, -0.1) is 22.7 Å². The second-order valence-corrected chi connectivity index (χ2v) is 7.40. The molecule has 0 aliphatic carbocycles. The standard InChI is InChI=1S/C14H18N2O2S3/c1-16(14(18)11(17)5-7-19-2)8-10-9-21-13(15-10)12-4-3-6-20-12/h3-4,6,9,11,17H,5,7-8H2,1-2H3. The van der Waals surface area contributed by atoms with E-state index in [0.29, 0.717) is 13.0 Å². The molecule has 1 amide bonds. The Kier molecular flexibility index (Phi) is 6.22. The summed E-state index contributed by atoms with van der Waals surface area (Å²) in [5.74, 6) is 0.537. The number of thioether (sulfide) groups is 1. The summed E-state index contributed by atoms with van der Waals surface area (Å²) in [7, 11) is 1.70. The number of thiazole rings is 1. The minimum atomic E-state index is -0.919. The zero-order chi connectivity index (χ0) is 15.2. The number of hydrogen-bond donors (Lipinski definition) is 1. The van der Waals surface area contributed by atoms with E-state index in [-0.39, 0.29) is 5.91 Å². The lowest BCUT2D eigenvalue weighted by molar-refractivity contribution is -0.139. The minimum Gasteiger partial charge on any atom is -0.383 e. The summed E-state index contributed by atoms with van der Waals surface area (Å²) >= 11 is 4.86. The first-order valence-corrected chi connectivity index (χ1v) is 9.67. The van der Waals surface area contributed by atoms with E-state index in [0.717, 1.165) is 21.3 Å². The van der Waals surface area contributed by atoms with Crippen molar-refractivity contribution in [2.75, 3.05) is 19.1 Å². The Labute approximate surface area is 136 Å². The van der Waals surface area contributed by atoms with Crippen LogP contribution in [0.4, 0.5) is 0 Å². The van der Waals surface area contributed by atoms with Gasteiger partial charge in [0.25, 0.3) is 5.91 Å². The maximum atomic E-state index is 12.0. The van der Waals surface area contributed by atoms with Crippen LogP contribution in [-0.4, -0.2) is 46.1 Å². The van der Waals surface area contributed by atoms with Gasteiger partial charge in [-0.25, -0.2) is 4.98 Å². The van der Waals surface area contributed by atoms with Crippen molar-refractivity contribution in [1.29, 1.82) is 0 Å². The molecule has 0 aliphatic heterocycles. The van der Waals surface area contributed by atoms with Crippen LogP contribution in [0.2, 0.25) is 0 Å². The number of carbonyl (C=O) groups excluding carboxylic acids is 1. The fraction of sp³-hybridized carbons (Fsp3) is 0.429. The zero-order valence-electron chi connectivity index (χ0n) is 12.0. The van der Waals surface area contributed by atoms with Crippen LogP contribution in [0.3, 0.4) is 0 Å². The maximum Gasteiger partial charge on any atom is 0.251 e. The Morgan fingerprint density at radius 1 is 1.52 bits per heavy atom. The summed E-state index contributed by atoms with van der Waals surface area (Å²) in [6.45, 7) is 0.428. The fourth-order valence-corrected chi connectivity index (χ4v) is 3.91. The third kappa shape index (κ3) is 4.54. The second kappa shape index (κ2) is 7.93. The van der Waals surface area contributed by atoms with E-state index >= 15 is 0 Å². The van der Waals surface area contributed by atoms with Crippen LogP contribution in [0.1, 0.15) is 12.1 Å². The molecule has 0 bridgehead atoms. The van der Waals surface area contributed by atoms with Crippen molar-refractivity contribution < 1.29 is 9.90 Å². The Balaban J connectivity index is 1.93. The zero-order valence-corrected chi connectivity index (χ0v) is 14.4. The van der Waals surface area contributed by atoms with Gasteiger partial charge in [0.2, 0.25) is 0 Å². The highest BCUT2D eigenvalue weighted by Gasteiger charge is 2.19. The van der Waals surface area contributed by atoms with Crippen LogP contribution >= 0.6 is 34.4 Å². The number of nitrogens with zero attached hydrogens (tertiary/aromatic N) is 2. The summed E-state index contributed by atoms with van der Waals surface area (Å²) < 4.78 is 0. The SMILES string of the molecule is CSCCC(O)C(=O)N(C)Cc1csc(-c2cccs2)n1. The predicted molar refractivity (Wildman–Crippen MR) is 90.9 cm³/mol. The first-order chi connectivity index (χ1) is 10.1. The van der Waals surface area contributed by atoms with Crippen molar-refractivity contribution in [2.45, 2.75) is 19.1 Å². The molecule has 4 nitrogen and oxygen atoms in total. The molecule has 2 aromatic heterocycles. The molecule has 0 aromatic carbocycles. The lowest BCUT2D eigenvalue weighted by Gasteiger charge is -2.19. The smallest absolute Gasteiger partial charge is 0.251 e. The largest absolute Gasteiger partial charge is 0.383 e. The van der Waals surface area contributed by atoms with Gasteiger partial charge in [0.05, 0.1) is 17.1 Å². The van der Waals surface area contributed by atoms with Crippen LogP contribution in [0.15, 0.2) is 22.9 Å². The van der Waals surface area contributed by atoms with Gasteiger partial charge < -0.3 is 10.0 Å². The fourth-order valence-electron chi connectivity index (χ4n) is 1.82. The van der Waals surface area contributed by atoms with Gasteiger partial charge in [-0.3, -0.25) is 4.79 Å². The molecule has 21 heavy (non-hydrogen) atoms. The third-order valence-corrected chi connectivity index (χ3v) is 5.51. The number of likely N-dealkylation sites (N-methyl/N-ethyl adjacent to an activating group) is 1. The Bertz CT molecular complexity index is 569. The van der Waals surface area contributed by atoms with E-state index in [1.54, 1.807) is 41.5 Å². The minimum absolute atomic E-state index is 0.241. The van der Waals surface area contributed by atoms with Crippen LogP contribution in [-0.2, 0) is 11.3 Å². The highest BCUT2D eigenvalue weighted by Crippen LogP contribution is 2.28. The molecule has 0 radical (unpaired) electrons. The van der Waals surface area contributed by atoms with Crippen molar-refractivity contribution in [2.24, 2.45) is 0 Å². The molecule has 1 atom stereocenters. The highest BCUT2D eigenvalue weighted by atomic mass is 32.2. The first kappa shape index (κ1) is 16.5. The molecular formula is C14H18N2O2S3. The average Bonchev–Trinajstić information content (AvgIpc) is 3.14. The van der Waals surface area contributed by atoms with Crippen LogP contribution < -0.4 is 0 Å². The molecule has 0 fully saturated rings. The maximum absolute atomic E-state index is 12.0. The molecule has 1 unspecified atom stereocenters. The van der Waals surface area contributed by atoms with E-state index in [2.05, 4.69) is 4.98 Å². The van der Waals surface area contributed by atoms with E-state index in [9.17, 15) is 9.90 Å². The molecule has 2 aromatic rings. The molecule has 0 saturated carbocycles. The first-order valence-electron chi connectivity index (χ1n) is 6.52. The average molecular weight is 343 g/mol. The number of aliphatic hydroxyl groups is 1. The molecule has 7 heteroatoms. The van der Waals surface area contributed by atoms with Crippen molar-refractivity contribution >= 4 is 40.3 Å². The Hall–Kier alpha value is -0.890. The van der Waals surface area contributed by atoms with Crippen molar-refractivity contribution in [1.82, 2.24) is 9.88 Å². The van der Waals surface area contributed by atoms with Gasteiger partial charge in [-0.1, -0.05) is 6.07 Å². The summed E-state index contributed by atoms with van der Waals surface area (Å²) in [4.78, 5) is 19.3. The molecule has 0 saturated heterocycles. The van der Waals surface area contributed by atoms with E-state index in [1.165, 1.54) is 4.90 Å². The number of carbonyl (C=O) groups is 1. The summed E-state index contributed by atoms with van der Waals surface area (Å²) in [5, 5.41) is 14.8. The topological polar surface area (TPSA) is 53.4 Å². The Morgan fingerprint density at radius 2 is 2.33 bits per heavy atom. The van der Waals surface area contributed by atoms with Gasteiger partial charge in [0.1, 0.15) is 11.1 Å². The monoisotopic (exact) mass is 342 g/mol. The molecule has 2 rings (SSSR count). The lowest BCUT2D eigenvalue weighted by Crippen LogP contribution is -2.36. The molecular weight excluding hydrogens is 324 g/mol. The van der Waals surface area contributed by atoms with Crippen LogP contribution in [0.25, 0.3) is 9.88 Å². The number of hydrogen-bond acceptors (Lipinski definition) is 6. The number of rotatable bonds is 7. The molecule has 1 N–H and O–H groups in total. The van der Waals surface area contributed by atoms with Crippen molar-refractivity contribution in [3.63, 3.8) is 0 Å². The number of aliphatic hydroxyl groups excluding tert-OH is 1. The lowest BCUT2D eigenvalue weighted by atomic mass is 10.2. The number of aromatic nitrogens is 1. The molecule has 114 valence electrons. The summed E-state index contributed by atoms with van der Waals surface area (Å²) in [6, 6.07) is 4.03. The van der Waals surface area contributed by atoms with Crippen molar-refractivity contribution in [3.05, 3.63) is 28.6 Å². The van der Waals surface area contributed by atoms with Gasteiger partial charge >= 0.3 is 0 Å². The van der Waals surface area contributed by atoms with Gasteiger partial charge in [0.15, 0.2) is 0 Å². The second-order valence-electron chi connectivity index (χ2n) is 4.61. The molecule has 2 heterocycles. The van der Waals surface area contributed by atoms with E-state index in [4.69, 9.17) is 0 Å². The summed E-state index contributed by atoms with van der Waals surface area (Å²) in [5.41, 5.74) is 0.858. The third-order valence-electron chi connectivity index (χ3n) is 2.94. The molecule has 0 spiro atoms. The number of thiophene rings is 1. The molecule has 0 aliphatic rings. The van der Waals surface area contributed by atoms with E-state index in [1.807, 2.05) is 29.1 Å². The quantitative estimate of drug-likeness (QED) is 0.840. The Morgan fingerprint density at radius 3 is 3.00 bits per heavy atom.